The molecule has 0 radical (unpaired) electrons. The summed E-state index contributed by atoms with van der Waals surface area (Å²) in [6.45, 7) is 21.2. The van der Waals surface area contributed by atoms with Gasteiger partial charge in [-0.3, -0.25) is 9.74 Å². The standard InChI is InChI=1S/C23H39N3O5Si/c1-10-12-29-25-17-14-18(20-24-11-13-28-20)19(16-30-32(8,9)23(5,6)7)26(15-17)21(27)31-22(2,3)4/h10-11,13-14,17,19,25H,1,12,15-16H2,2-9H3/t17?,19-/m1/s1. The van der Waals surface area contributed by atoms with Crippen molar-refractivity contribution >= 4 is 20.0 Å². The van der Waals surface area contributed by atoms with Crippen LogP contribution in [0.15, 0.2) is 35.6 Å². The molecule has 8 nitrogen and oxygen atoms in total. The molecule has 180 valence electrons. The fraction of sp³-hybridized carbons (Fsp3) is 0.652. The van der Waals surface area contributed by atoms with E-state index < -0.39 is 26.1 Å². The molecule has 1 aliphatic rings. The van der Waals surface area contributed by atoms with E-state index in [-0.39, 0.29) is 11.1 Å². The Hall–Kier alpha value is -1.94. The van der Waals surface area contributed by atoms with Gasteiger partial charge in [0.15, 0.2) is 8.32 Å². The van der Waals surface area contributed by atoms with Crippen molar-refractivity contribution in [3.05, 3.63) is 37.1 Å². The second-order valence-electron chi connectivity index (χ2n) is 10.5. The molecule has 0 saturated heterocycles. The van der Waals surface area contributed by atoms with Gasteiger partial charge in [-0.25, -0.2) is 9.78 Å². The van der Waals surface area contributed by atoms with Crippen molar-refractivity contribution in [3.63, 3.8) is 0 Å². The fourth-order valence-electron chi connectivity index (χ4n) is 2.96. The maximum Gasteiger partial charge on any atom is 0.410 e. The van der Waals surface area contributed by atoms with Gasteiger partial charge in [-0.15, -0.1) is 6.58 Å². The van der Waals surface area contributed by atoms with E-state index in [4.69, 9.17) is 18.4 Å². The molecule has 2 atom stereocenters. The normalized spacial score (nSPS) is 20.1. The third-order valence-corrected chi connectivity index (χ3v) is 10.2. The van der Waals surface area contributed by atoms with Gasteiger partial charge in [0.25, 0.3) is 0 Å². The number of amides is 1. The third-order valence-electron chi connectivity index (χ3n) is 5.66. The number of hydroxylamine groups is 1. The number of carbonyl (C=O) groups excluding carboxylic acids is 1. The van der Waals surface area contributed by atoms with E-state index in [9.17, 15) is 4.79 Å². The van der Waals surface area contributed by atoms with Gasteiger partial charge in [0.05, 0.1) is 31.5 Å². The highest BCUT2D eigenvalue weighted by Crippen LogP contribution is 2.38. The van der Waals surface area contributed by atoms with Gasteiger partial charge in [0.2, 0.25) is 5.89 Å². The summed E-state index contributed by atoms with van der Waals surface area (Å²) in [6.07, 6.45) is 6.32. The smallest absolute Gasteiger partial charge is 0.410 e. The average Bonchev–Trinajstić information content (AvgIpc) is 3.18. The van der Waals surface area contributed by atoms with Crippen LogP contribution in [-0.2, 0) is 14.0 Å². The molecule has 1 aliphatic heterocycles. The van der Waals surface area contributed by atoms with Crippen LogP contribution in [0.25, 0.3) is 5.57 Å². The van der Waals surface area contributed by atoms with Crippen LogP contribution in [-0.4, -0.2) is 61.7 Å². The summed E-state index contributed by atoms with van der Waals surface area (Å²) in [5.41, 5.74) is 3.11. The Labute approximate surface area is 193 Å². The maximum absolute atomic E-state index is 13.2. The predicted octanol–water partition coefficient (Wildman–Crippen LogP) is 4.77. The molecule has 0 fully saturated rings. The van der Waals surface area contributed by atoms with Crippen LogP contribution >= 0.6 is 0 Å². The molecule has 32 heavy (non-hydrogen) atoms. The lowest BCUT2D eigenvalue weighted by molar-refractivity contribution is -0.000332. The van der Waals surface area contributed by atoms with Gasteiger partial charge >= 0.3 is 6.09 Å². The molecule has 0 aromatic carbocycles. The van der Waals surface area contributed by atoms with E-state index in [1.165, 1.54) is 6.26 Å². The number of hydrogen-bond acceptors (Lipinski definition) is 7. The molecule has 0 saturated carbocycles. The highest BCUT2D eigenvalue weighted by Gasteiger charge is 2.42. The highest BCUT2D eigenvalue weighted by atomic mass is 28.4. The van der Waals surface area contributed by atoms with Gasteiger partial charge in [-0.05, 0) is 38.9 Å². The number of oxazole rings is 1. The van der Waals surface area contributed by atoms with Crippen molar-refractivity contribution in [2.75, 3.05) is 19.8 Å². The Morgan fingerprint density at radius 1 is 1.34 bits per heavy atom. The maximum atomic E-state index is 13.2. The minimum Gasteiger partial charge on any atom is -0.445 e. The first kappa shape index (κ1) is 26.3. The summed E-state index contributed by atoms with van der Waals surface area (Å²) in [6, 6.07) is -0.691. The number of nitrogens with zero attached hydrogens (tertiary/aromatic N) is 2. The van der Waals surface area contributed by atoms with Crippen molar-refractivity contribution in [1.29, 1.82) is 0 Å². The quantitative estimate of drug-likeness (QED) is 0.256. The van der Waals surface area contributed by atoms with Gasteiger partial charge in [0, 0.05) is 12.1 Å². The lowest BCUT2D eigenvalue weighted by Gasteiger charge is -2.42. The molecule has 1 unspecified atom stereocenters. The van der Waals surface area contributed by atoms with Crippen molar-refractivity contribution in [2.45, 2.75) is 77.4 Å². The van der Waals surface area contributed by atoms with Crippen molar-refractivity contribution in [1.82, 2.24) is 15.4 Å². The van der Waals surface area contributed by atoms with E-state index in [1.54, 1.807) is 17.2 Å². The van der Waals surface area contributed by atoms with Crippen molar-refractivity contribution < 1.29 is 23.2 Å². The molecule has 2 rings (SSSR count). The molecular weight excluding hydrogens is 426 g/mol. The number of nitrogens with one attached hydrogen (secondary N) is 1. The van der Waals surface area contributed by atoms with Crippen LogP contribution in [0.4, 0.5) is 4.79 Å². The van der Waals surface area contributed by atoms with Crippen LogP contribution in [0.3, 0.4) is 0 Å². The predicted molar refractivity (Wildman–Crippen MR) is 127 cm³/mol. The van der Waals surface area contributed by atoms with Crippen LogP contribution in [0.1, 0.15) is 47.4 Å². The van der Waals surface area contributed by atoms with E-state index in [2.05, 4.69) is 50.9 Å². The van der Waals surface area contributed by atoms with Crippen molar-refractivity contribution in [2.24, 2.45) is 0 Å². The first-order valence-electron chi connectivity index (χ1n) is 11.0. The van der Waals surface area contributed by atoms with Crippen LogP contribution in [0.5, 0.6) is 0 Å². The first-order chi connectivity index (χ1) is 14.7. The summed E-state index contributed by atoms with van der Waals surface area (Å²) < 4.78 is 17.9. The molecule has 9 heteroatoms. The topological polar surface area (TPSA) is 86.1 Å². The zero-order valence-electron chi connectivity index (χ0n) is 20.7. The number of ether oxygens (including phenoxy) is 1. The Bertz CT molecular complexity index is 794. The largest absolute Gasteiger partial charge is 0.445 e. The van der Waals surface area contributed by atoms with Gasteiger partial charge in [0.1, 0.15) is 11.9 Å². The fourth-order valence-corrected chi connectivity index (χ4v) is 3.97. The second-order valence-corrected chi connectivity index (χ2v) is 15.3. The molecule has 2 heterocycles. The Morgan fingerprint density at radius 3 is 2.56 bits per heavy atom. The molecule has 1 N–H and O–H groups in total. The SMILES string of the molecule is C=CCONC1C=C(c2ncco2)[C@@H](CO[Si](C)(C)C(C)(C)C)N(C(=O)OC(C)(C)C)C1. The average molecular weight is 466 g/mol. The lowest BCUT2D eigenvalue weighted by atomic mass is 9.98. The van der Waals surface area contributed by atoms with E-state index in [1.807, 2.05) is 26.8 Å². The van der Waals surface area contributed by atoms with E-state index in [0.29, 0.717) is 25.6 Å². The summed E-state index contributed by atoms with van der Waals surface area (Å²) in [5, 5.41) is 0.0356. The number of aromatic nitrogens is 1. The number of carbonyl (C=O) groups is 1. The van der Waals surface area contributed by atoms with Crippen LogP contribution in [0, 0.1) is 0 Å². The Kier molecular flexibility index (Phi) is 8.49. The van der Waals surface area contributed by atoms with Gasteiger partial charge < -0.3 is 13.6 Å². The first-order valence-corrected chi connectivity index (χ1v) is 13.9. The molecule has 0 spiro atoms. The summed E-state index contributed by atoms with van der Waals surface area (Å²) >= 11 is 0. The minimum atomic E-state index is -2.07. The zero-order valence-corrected chi connectivity index (χ0v) is 21.7. The van der Waals surface area contributed by atoms with E-state index in [0.717, 1.165) is 5.57 Å². The Balaban J connectivity index is 2.40. The second kappa shape index (κ2) is 10.3. The summed E-state index contributed by atoms with van der Waals surface area (Å²) in [7, 11) is -2.07. The molecule has 0 bridgehead atoms. The van der Waals surface area contributed by atoms with Gasteiger partial charge in [-0.2, -0.15) is 5.48 Å². The highest BCUT2D eigenvalue weighted by molar-refractivity contribution is 6.74. The third kappa shape index (κ3) is 7.03. The lowest BCUT2D eigenvalue weighted by Crippen LogP contribution is -2.55. The number of hydrogen-bond donors (Lipinski definition) is 1. The molecule has 1 aromatic rings. The summed E-state index contributed by atoms with van der Waals surface area (Å²) in [5.74, 6) is 0.442. The molecule has 1 aromatic heterocycles. The zero-order chi connectivity index (χ0) is 24.2. The molecule has 0 aliphatic carbocycles. The molecule has 1 amide bonds. The van der Waals surface area contributed by atoms with E-state index >= 15 is 0 Å². The monoisotopic (exact) mass is 465 g/mol. The molecular formula is C23H39N3O5Si. The van der Waals surface area contributed by atoms with Crippen LogP contribution in [0.2, 0.25) is 18.1 Å². The Morgan fingerprint density at radius 2 is 2.03 bits per heavy atom. The van der Waals surface area contributed by atoms with Gasteiger partial charge in [-0.1, -0.05) is 32.9 Å². The van der Waals surface area contributed by atoms with Crippen LogP contribution < -0.4 is 5.48 Å². The number of rotatable bonds is 8. The van der Waals surface area contributed by atoms with Crippen molar-refractivity contribution in [3.8, 4) is 0 Å². The summed E-state index contributed by atoms with van der Waals surface area (Å²) in [4.78, 5) is 24.7. The minimum absolute atomic E-state index is 0.0356.